The van der Waals surface area contributed by atoms with Gasteiger partial charge in [0, 0.05) is 0 Å². The van der Waals surface area contributed by atoms with Gasteiger partial charge in [-0.1, -0.05) is 18.0 Å². The molecule has 0 spiro atoms. The van der Waals surface area contributed by atoms with Crippen LogP contribution in [0.5, 0.6) is 0 Å². The summed E-state index contributed by atoms with van der Waals surface area (Å²) in [5.41, 5.74) is 5.31. The van der Waals surface area contributed by atoms with Crippen LogP contribution < -0.4 is 5.73 Å². The van der Waals surface area contributed by atoms with Gasteiger partial charge in [0.2, 0.25) is 0 Å². The average molecular weight is 203 g/mol. The zero-order valence-corrected chi connectivity index (χ0v) is 7.54. The van der Waals surface area contributed by atoms with Gasteiger partial charge >= 0.3 is 6.43 Å². The topological polar surface area (TPSA) is 64.9 Å². The summed E-state index contributed by atoms with van der Waals surface area (Å²) in [7, 11) is 0. The molecule has 0 radical (unpaired) electrons. The predicted octanol–water partition coefficient (Wildman–Crippen LogP) is 1.74. The maximum absolute atomic E-state index is 12.2. The highest BCUT2D eigenvalue weighted by Gasteiger charge is 2.36. The lowest BCUT2D eigenvalue weighted by molar-refractivity contribution is 0.106. The van der Waals surface area contributed by atoms with Crippen LogP contribution in [0.1, 0.15) is 43.8 Å². The van der Waals surface area contributed by atoms with Crippen LogP contribution in [0.15, 0.2) is 4.52 Å². The lowest BCUT2D eigenvalue weighted by Gasteiger charge is -2.17. The van der Waals surface area contributed by atoms with Crippen molar-refractivity contribution in [2.75, 3.05) is 0 Å². The second-order valence-electron chi connectivity index (χ2n) is 3.62. The number of halogens is 2. The summed E-state index contributed by atoms with van der Waals surface area (Å²) in [5, 5.41) is 3.50. The summed E-state index contributed by atoms with van der Waals surface area (Å²) < 4.78 is 28.7. The van der Waals surface area contributed by atoms with Gasteiger partial charge in [-0.15, -0.1) is 0 Å². The van der Waals surface area contributed by atoms with Crippen LogP contribution in [0.4, 0.5) is 8.78 Å². The molecule has 2 N–H and O–H groups in total. The first kappa shape index (κ1) is 9.51. The van der Waals surface area contributed by atoms with Crippen LogP contribution in [0, 0.1) is 0 Å². The molecule has 4 nitrogen and oxygen atoms in total. The minimum atomic E-state index is -2.72. The van der Waals surface area contributed by atoms with E-state index >= 15 is 0 Å². The van der Waals surface area contributed by atoms with Gasteiger partial charge < -0.3 is 10.3 Å². The number of hydrogen-bond acceptors (Lipinski definition) is 4. The molecule has 78 valence electrons. The molecule has 0 atom stereocenters. The number of nitrogens with zero attached hydrogens (tertiary/aromatic N) is 2. The molecule has 6 heteroatoms. The minimum Gasteiger partial charge on any atom is -0.333 e. The summed E-state index contributed by atoms with van der Waals surface area (Å²) in [6.07, 6.45) is 0.704. The number of hydrogen-bond donors (Lipinski definition) is 1. The Morgan fingerprint density at radius 3 is 2.50 bits per heavy atom. The van der Waals surface area contributed by atoms with Crippen molar-refractivity contribution in [2.24, 2.45) is 5.73 Å². The van der Waals surface area contributed by atoms with Gasteiger partial charge in [-0.25, -0.2) is 0 Å². The minimum absolute atomic E-state index is 0.213. The summed E-state index contributed by atoms with van der Waals surface area (Å²) in [4.78, 5) is 3.61. The first-order valence-electron chi connectivity index (χ1n) is 4.53. The third-order valence-corrected chi connectivity index (χ3v) is 2.57. The van der Waals surface area contributed by atoms with E-state index < -0.39 is 17.9 Å². The fourth-order valence-corrected chi connectivity index (χ4v) is 1.76. The second kappa shape index (κ2) is 3.27. The van der Waals surface area contributed by atoms with Crippen LogP contribution in [-0.2, 0) is 5.54 Å². The first-order valence-corrected chi connectivity index (χ1v) is 4.53. The Morgan fingerprint density at radius 2 is 2.00 bits per heavy atom. The molecule has 2 rings (SSSR count). The Hall–Kier alpha value is -1.04. The van der Waals surface area contributed by atoms with E-state index in [4.69, 9.17) is 5.73 Å². The maximum Gasteiger partial charge on any atom is 0.315 e. The summed E-state index contributed by atoms with van der Waals surface area (Å²) in [6.45, 7) is 0. The Kier molecular flexibility index (Phi) is 2.22. The highest BCUT2D eigenvalue weighted by molar-refractivity contribution is 5.06. The smallest absolute Gasteiger partial charge is 0.315 e. The number of nitrogens with two attached hydrogens (primary N) is 1. The van der Waals surface area contributed by atoms with Crippen molar-refractivity contribution in [1.29, 1.82) is 0 Å². The SMILES string of the molecule is NC1(c2noc(C(F)F)n2)CCCC1. The zero-order valence-electron chi connectivity index (χ0n) is 7.54. The highest BCUT2D eigenvalue weighted by Crippen LogP contribution is 2.35. The third kappa shape index (κ3) is 1.50. The van der Waals surface area contributed by atoms with E-state index in [0.717, 1.165) is 25.7 Å². The zero-order chi connectivity index (χ0) is 10.2. The molecule has 1 aliphatic carbocycles. The maximum atomic E-state index is 12.2. The quantitative estimate of drug-likeness (QED) is 0.795. The average Bonchev–Trinajstić information content (AvgIpc) is 2.71. The Morgan fingerprint density at radius 1 is 1.36 bits per heavy atom. The Bertz CT molecular complexity index is 320. The van der Waals surface area contributed by atoms with Gasteiger partial charge in [0.25, 0.3) is 5.89 Å². The Balaban J connectivity index is 2.23. The normalized spacial score (nSPS) is 20.6. The largest absolute Gasteiger partial charge is 0.333 e. The molecule has 0 aromatic carbocycles. The molecule has 1 aromatic rings. The van der Waals surface area contributed by atoms with E-state index in [9.17, 15) is 8.78 Å². The van der Waals surface area contributed by atoms with E-state index in [2.05, 4.69) is 14.7 Å². The lowest BCUT2D eigenvalue weighted by Crippen LogP contribution is -2.34. The molecular formula is C8H11F2N3O. The molecule has 0 amide bonds. The molecule has 1 saturated carbocycles. The number of alkyl halides is 2. The van der Waals surface area contributed by atoms with Gasteiger partial charge in [-0.3, -0.25) is 0 Å². The van der Waals surface area contributed by atoms with Gasteiger partial charge in [0.1, 0.15) is 0 Å². The van der Waals surface area contributed by atoms with Gasteiger partial charge in [0.05, 0.1) is 5.54 Å². The first-order chi connectivity index (χ1) is 6.62. The van der Waals surface area contributed by atoms with Gasteiger partial charge in [0.15, 0.2) is 5.82 Å². The van der Waals surface area contributed by atoms with Crippen molar-refractivity contribution in [3.05, 3.63) is 11.7 Å². The van der Waals surface area contributed by atoms with E-state index in [1.807, 2.05) is 0 Å². The molecule has 0 bridgehead atoms. The van der Waals surface area contributed by atoms with E-state index in [1.54, 1.807) is 0 Å². The summed E-state index contributed by atoms with van der Waals surface area (Å²) in [5.74, 6) is -0.429. The van der Waals surface area contributed by atoms with Crippen molar-refractivity contribution in [2.45, 2.75) is 37.6 Å². The summed E-state index contributed by atoms with van der Waals surface area (Å²) >= 11 is 0. The van der Waals surface area contributed by atoms with Crippen LogP contribution in [0.25, 0.3) is 0 Å². The fraction of sp³-hybridized carbons (Fsp3) is 0.750. The molecule has 0 unspecified atom stereocenters. The van der Waals surface area contributed by atoms with Crippen molar-refractivity contribution < 1.29 is 13.3 Å². The van der Waals surface area contributed by atoms with E-state index in [1.165, 1.54) is 0 Å². The highest BCUT2D eigenvalue weighted by atomic mass is 19.3. The van der Waals surface area contributed by atoms with Crippen LogP contribution in [-0.4, -0.2) is 10.1 Å². The van der Waals surface area contributed by atoms with E-state index in [0.29, 0.717) is 0 Å². The third-order valence-electron chi connectivity index (χ3n) is 2.57. The summed E-state index contributed by atoms with van der Waals surface area (Å²) in [6, 6.07) is 0. The molecule has 0 aliphatic heterocycles. The molecule has 1 aromatic heterocycles. The molecule has 1 heterocycles. The second-order valence-corrected chi connectivity index (χ2v) is 3.62. The molecule has 1 fully saturated rings. The van der Waals surface area contributed by atoms with Crippen molar-refractivity contribution in [3.8, 4) is 0 Å². The van der Waals surface area contributed by atoms with Crippen molar-refractivity contribution >= 4 is 0 Å². The van der Waals surface area contributed by atoms with Crippen LogP contribution in [0.3, 0.4) is 0 Å². The lowest BCUT2D eigenvalue weighted by atomic mass is 9.99. The van der Waals surface area contributed by atoms with Gasteiger partial charge in [-0.05, 0) is 12.8 Å². The van der Waals surface area contributed by atoms with Crippen molar-refractivity contribution in [1.82, 2.24) is 10.1 Å². The molecular weight excluding hydrogens is 192 g/mol. The predicted molar refractivity (Wildman–Crippen MR) is 43.6 cm³/mol. The van der Waals surface area contributed by atoms with Crippen LogP contribution in [0.2, 0.25) is 0 Å². The molecule has 0 saturated heterocycles. The Labute approximate surface area is 79.5 Å². The molecule has 1 aliphatic rings. The van der Waals surface area contributed by atoms with E-state index in [-0.39, 0.29) is 5.82 Å². The van der Waals surface area contributed by atoms with Crippen molar-refractivity contribution in [3.63, 3.8) is 0 Å². The van der Waals surface area contributed by atoms with Crippen LogP contribution >= 0.6 is 0 Å². The standard InChI is InChI=1S/C8H11F2N3O/c9-5(10)6-12-7(13-14-6)8(11)3-1-2-4-8/h5H,1-4,11H2. The monoisotopic (exact) mass is 203 g/mol. The fourth-order valence-electron chi connectivity index (χ4n) is 1.76. The molecule has 14 heavy (non-hydrogen) atoms. The van der Waals surface area contributed by atoms with Gasteiger partial charge in [-0.2, -0.15) is 13.8 Å². The number of rotatable bonds is 2. The number of aromatic nitrogens is 2.